The number of rotatable bonds is 4. The van der Waals surface area contributed by atoms with E-state index in [4.69, 9.17) is 0 Å². The smallest absolute Gasteiger partial charge is 0.130 e. The third-order valence-electron chi connectivity index (χ3n) is 4.13. The Morgan fingerprint density at radius 3 is 2.86 bits per heavy atom. The highest BCUT2D eigenvalue weighted by molar-refractivity contribution is 5.93. The Morgan fingerprint density at radius 1 is 1.36 bits per heavy atom. The summed E-state index contributed by atoms with van der Waals surface area (Å²) in [4.78, 5) is 10.6. The van der Waals surface area contributed by atoms with Gasteiger partial charge in [-0.3, -0.25) is 4.99 Å². The maximum absolute atomic E-state index is 13.6. The van der Waals surface area contributed by atoms with Crippen LogP contribution in [-0.4, -0.2) is 30.9 Å². The predicted molar refractivity (Wildman–Crippen MR) is 91.0 cm³/mol. The van der Waals surface area contributed by atoms with Crippen molar-refractivity contribution in [3.05, 3.63) is 47.5 Å². The van der Waals surface area contributed by atoms with Crippen molar-refractivity contribution in [3.63, 3.8) is 0 Å². The van der Waals surface area contributed by atoms with Crippen LogP contribution in [0.5, 0.6) is 0 Å². The molecule has 0 amide bonds. The van der Waals surface area contributed by atoms with Crippen LogP contribution in [0.4, 0.5) is 4.39 Å². The fourth-order valence-corrected chi connectivity index (χ4v) is 2.91. The van der Waals surface area contributed by atoms with Crippen LogP contribution in [0.2, 0.25) is 0 Å². The molecule has 22 heavy (non-hydrogen) atoms. The quantitative estimate of drug-likeness (QED) is 0.759. The molecule has 0 aromatic heterocycles. The van der Waals surface area contributed by atoms with E-state index in [1.807, 2.05) is 19.1 Å². The van der Waals surface area contributed by atoms with E-state index in [0.717, 1.165) is 42.9 Å². The molecule has 1 aromatic carbocycles. The average Bonchev–Trinajstić information content (AvgIpc) is 2.78. The lowest BCUT2D eigenvalue weighted by atomic mass is 10.0. The second-order valence-corrected chi connectivity index (χ2v) is 5.64. The number of hydrogen-bond acceptors (Lipinski definition) is 3. The van der Waals surface area contributed by atoms with Gasteiger partial charge in [-0.1, -0.05) is 25.0 Å². The molecule has 0 aliphatic carbocycles. The summed E-state index contributed by atoms with van der Waals surface area (Å²) in [6, 6.07) is 7.02. The molecule has 1 fully saturated rings. The topological polar surface area (TPSA) is 28.0 Å². The second-order valence-electron chi connectivity index (χ2n) is 5.64. The van der Waals surface area contributed by atoms with Crippen LogP contribution in [0.1, 0.15) is 44.2 Å². The van der Waals surface area contributed by atoms with Crippen LogP contribution in [0, 0.1) is 5.82 Å². The highest BCUT2D eigenvalue weighted by atomic mass is 19.1. The lowest BCUT2D eigenvalue weighted by Gasteiger charge is -2.32. The van der Waals surface area contributed by atoms with Crippen LogP contribution in [0.25, 0.3) is 0 Å². The molecule has 1 heterocycles. The summed E-state index contributed by atoms with van der Waals surface area (Å²) in [5.74, 6) is 0.629. The van der Waals surface area contributed by atoms with E-state index in [9.17, 15) is 4.39 Å². The molecule has 1 aliphatic rings. The van der Waals surface area contributed by atoms with E-state index >= 15 is 0 Å². The maximum Gasteiger partial charge on any atom is 0.130 e. The SMILES string of the molecule is C=N/C(=C\C(C)=N/C)N1CCCCCC1c1cccc(F)c1. The van der Waals surface area contributed by atoms with Crippen LogP contribution in [0.3, 0.4) is 0 Å². The van der Waals surface area contributed by atoms with Gasteiger partial charge in [-0.2, -0.15) is 0 Å². The van der Waals surface area contributed by atoms with Gasteiger partial charge in [0, 0.05) is 25.4 Å². The van der Waals surface area contributed by atoms with E-state index < -0.39 is 0 Å². The molecule has 1 atom stereocenters. The highest BCUT2D eigenvalue weighted by Gasteiger charge is 2.24. The molecule has 0 saturated carbocycles. The summed E-state index contributed by atoms with van der Waals surface area (Å²) in [5, 5.41) is 0. The fraction of sp³-hybridized carbons (Fsp3) is 0.444. The van der Waals surface area contributed by atoms with Gasteiger partial charge >= 0.3 is 0 Å². The van der Waals surface area contributed by atoms with Gasteiger partial charge in [-0.25, -0.2) is 9.38 Å². The van der Waals surface area contributed by atoms with E-state index in [-0.39, 0.29) is 11.9 Å². The predicted octanol–water partition coefficient (Wildman–Crippen LogP) is 4.38. The molecule has 3 nitrogen and oxygen atoms in total. The molecule has 4 heteroatoms. The zero-order valence-electron chi connectivity index (χ0n) is 13.4. The molecule has 0 radical (unpaired) electrons. The van der Waals surface area contributed by atoms with Crippen LogP contribution in [0.15, 0.2) is 46.1 Å². The van der Waals surface area contributed by atoms with Crippen molar-refractivity contribution in [1.82, 2.24) is 4.90 Å². The van der Waals surface area contributed by atoms with Gasteiger partial charge in [0.1, 0.15) is 11.6 Å². The van der Waals surface area contributed by atoms with Gasteiger partial charge in [0.2, 0.25) is 0 Å². The maximum atomic E-state index is 13.6. The van der Waals surface area contributed by atoms with Crippen molar-refractivity contribution < 1.29 is 4.39 Å². The number of aliphatic imine (C=N–C) groups is 2. The summed E-state index contributed by atoms with van der Waals surface area (Å²) in [6.45, 7) is 6.56. The first-order chi connectivity index (χ1) is 10.7. The molecule has 118 valence electrons. The van der Waals surface area contributed by atoms with Crippen LogP contribution >= 0.6 is 0 Å². The summed E-state index contributed by atoms with van der Waals surface area (Å²) in [6.07, 6.45) is 6.39. The number of halogens is 1. The van der Waals surface area contributed by atoms with Gasteiger partial charge in [0.05, 0.1) is 6.04 Å². The minimum absolute atomic E-state index is 0.139. The van der Waals surface area contributed by atoms with Crippen molar-refractivity contribution >= 4 is 12.4 Å². The molecular weight excluding hydrogens is 277 g/mol. The largest absolute Gasteiger partial charge is 0.350 e. The standard InChI is InChI=1S/C18H24FN3/c1-14(20-2)12-18(21-3)22-11-6-4-5-10-17(22)15-8-7-9-16(19)13-15/h7-9,12-13,17H,3-6,10-11H2,1-2H3/b18-12+,20-14-. The van der Waals surface area contributed by atoms with E-state index in [0.29, 0.717) is 0 Å². The van der Waals surface area contributed by atoms with Crippen molar-refractivity contribution in [1.29, 1.82) is 0 Å². The number of nitrogens with zero attached hydrogens (tertiary/aromatic N) is 3. The third kappa shape index (κ3) is 4.03. The van der Waals surface area contributed by atoms with Gasteiger partial charge in [-0.15, -0.1) is 0 Å². The Hall–Kier alpha value is -1.97. The first kappa shape index (κ1) is 16.4. The molecule has 2 rings (SSSR count). The van der Waals surface area contributed by atoms with E-state index in [1.165, 1.54) is 12.5 Å². The molecule has 1 aliphatic heterocycles. The summed E-state index contributed by atoms with van der Waals surface area (Å²) in [7, 11) is 1.76. The first-order valence-electron chi connectivity index (χ1n) is 7.79. The number of allylic oxidation sites excluding steroid dienone is 1. The molecule has 0 spiro atoms. The fourth-order valence-electron chi connectivity index (χ4n) is 2.91. The molecule has 0 bridgehead atoms. The van der Waals surface area contributed by atoms with E-state index in [2.05, 4.69) is 21.6 Å². The molecule has 1 unspecified atom stereocenters. The Bertz CT molecular complexity index is 577. The number of benzene rings is 1. The highest BCUT2D eigenvalue weighted by Crippen LogP contribution is 2.33. The van der Waals surface area contributed by atoms with Crippen molar-refractivity contribution in [2.75, 3.05) is 13.6 Å². The van der Waals surface area contributed by atoms with Crippen molar-refractivity contribution in [3.8, 4) is 0 Å². The Kier molecular flexibility index (Phi) is 5.87. The lowest BCUT2D eigenvalue weighted by Crippen LogP contribution is -2.28. The first-order valence-corrected chi connectivity index (χ1v) is 7.79. The number of hydrogen-bond donors (Lipinski definition) is 0. The third-order valence-corrected chi connectivity index (χ3v) is 4.13. The van der Waals surface area contributed by atoms with Gasteiger partial charge < -0.3 is 4.90 Å². The number of likely N-dealkylation sites (tertiary alicyclic amines) is 1. The van der Waals surface area contributed by atoms with Gasteiger partial charge in [-0.05, 0) is 44.2 Å². The minimum Gasteiger partial charge on any atom is -0.350 e. The van der Waals surface area contributed by atoms with Crippen LogP contribution in [-0.2, 0) is 0 Å². The molecular formula is C18H24FN3. The van der Waals surface area contributed by atoms with E-state index in [1.54, 1.807) is 19.2 Å². The van der Waals surface area contributed by atoms with Gasteiger partial charge in [0.25, 0.3) is 0 Å². The molecule has 1 aromatic rings. The summed E-state index contributed by atoms with van der Waals surface area (Å²) >= 11 is 0. The summed E-state index contributed by atoms with van der Waals surface area (Å²) in [5.41, 5.74) is 1.91. The zero-order chi connectivity index (χ0) is 15.9. The normalized spacial score (nSPS) is 20.7. The minimum atomic E-state index is -0.190. The Labute approximate surface area is 132 Å². The lowest BCUT2D eigenvalue weighted by molar-refractivity contribution is 0.258. The van der Waals surface area contributed by atoms with Gasteiger partial charge in [0.15, 0.2) is 0 Å². The monoisotopic (exact) mass is 301 g/mol. The van der Waals surface area contributed by atoms with Crippen molar-refractivity contribution in [2.45, 2.75) is 38.6 Å². The molecule has 0 N–H and O–H groups in total. The van der Waals surface area contributed by atoms with Crippen LogP contribution < -0.4 is 0 Å². The Balaban J connectivity index is 2.39. The summed E-state index contributed by atoms with van der Waals surface area (Å²) < 4.78 is 13.6. The average molecular weight is 301 g/mol. The zero-order valence-corrected chi connectivity index (χ0v) is 13.4. The second kappa shape index (κ2) is 7.87. The molecule has 1 saturated heterocycles. The Morgan fingerprint density at radius 2 is 2.18 bits per heavy atom. The van der Waals surface area contributed by atoms with Crippen molar-refractivity contribution in [2.24, 2.45) is 9.98 Å².